The maximum atomic E-state index is 6.02. The third-order valence-corrected chi connectivity index (χ3v) is 3.42. The number of nitrogens with two attached hydrogens (primary N) is 1. The lowest BCUT2D eigenvalue weighted by Gasteiger charge is -2.27. The van der Waals surface area contributed by atoms with Crippen molar-refractivity contribution in [2.24, 2.45) is 0 Å². The number of nitrogens with one attached hydrogen (secondary N) is 1. The van der Waals surface area contributed by atoms with Crippen molar-refractivity contribution in [2.75, 3.05) is 18.8 Å². The molecule has 0 aliphatic carbocycles. The van der Waals surface area contributed by atoms with Crippen molar-refractivity contribution in [1.82, 2.24) is 10.3 Å². The van der Waals surface area contributed by atoms with Gasteiger partial charge in [0.15, 0.2) is 0 Å². The van der Waals surface area contributed by atoms with Crippen LogP contribution in [0.2, 0.25) is 15.2 Å². The van der Waals surface area contributed by atoms with Gasteiger partial charge in [-0.05, 0) is 0 Å². The number of halogens is 3. The van der Waals surface area contributed by atoms with Gasteiger partial charge in [0.2, 0.25) is 0 Å². The SMILES string of the molecule is Nc1c(Cl)c(Cl)nc(C2CNC2)c1Cl. The van der Waals surface area contributed by atoms with E-state index in [9.17, 15) is 0 Å². The molecule has 0 amide bonds. The third-order valence-electron chi connectivity index (χ3n) is 2.27. The van der Waals surface area contributed by atoms with E-state index in [1.54, 1.807) is 0 Å². The second-order valence-corrected chi connectivity index (χ2v) is 4.30. The van der Waals surface area contributed by atoms with Crippen molar-refractivity contribution < 1.29 is 0 Å². The Morgan fingerprint density at radius 1 is 1.21 bits per heavy atom. The fourth-order valence-electron chi connectivity index (χ4n) is 1.30. The molecule has 2 rings (SSSR count). The number of hydrogen-bond acceptors (Lipinski definition) is 3. The Kier molecular flexibility index (Phi) is 2.75. The van der Waals surface area contributed by atoms with E-state index in [1.165, 1.54) is 0 Å². The van der Waals surface area contributed by atoms with Crippen LogP contribution in [0.15, 0.2) is 0 Å². The van der Waals surface area contributed by atoms with E-state index in [0.717, 1.165) is 18.8 Å². The molecule has 1 aliphatic rings. The zero-order valence-corrected chi connectivity index (χ0v) is 9.42. The van der Waals surface area contributed by atoms with Crippen molar-refractivity contribution in [3.05, 3.63) is 20.9 Å². The molecule has 0 unspecified atom stereocenters. The molecule has 0 radical (unpaired) electrons. The molecular formula is C8H8Cl3N3. The van der Waals surface area contributed by atoms with Gasteiger partial charge in [0.25, 0.3) is 0 Å². The summed E-state index contributed by atoms with van der Waals surface area (Å²) in [4.78, 5) is 4.14. The van der Waals surface area contributed by atoms with Crippen LogP contribution in [0, 0.1) is 0 Å². The number of pyridine rings is 1. The first-order valence-electron chi connectivity index (χ1n) is 4.12. The first-order chi connectivity index (χ1) is 6.61. The molecule has 1 saturated heterocycles. The molecule has 0 aromatic carbocycles. The summed E-state index contributed by atoms with van der Waals surface area (Å²) in [5, 5.41) is 3.99. The average Bonchev–Trinajstić information content (AvgIpc) is 2.08. The lowest BCUT2D eigenvalue weighted by molar-refractivity contribution is 0.440. The molecule has 0 bridgehead atoms. The molecule has 3 N–H and O–H groups in total. The summed E-state index contributed by atoms with van der Waals surface area (Å²) in [5.41, 5.74) is 6.74. The van der Waals surface area contributed by atoms with E-state index < -0.39 is 0 Å². The number of rotatable bonds is 1. The molecular weight excluding hydrogens is 244 g/mol. The predicted molar refractivity (Wildman–Crippen MR) is 59.3 cm³/mol. The zero-order valence-electron chi connectivity index (χ0n) is 7.15. The minimum absolute atomic E-state index is 0.218. The van der Waals surface area contributed by atoms with Gasteiger partial charge in [-0.15, -0.1) is 0 Å². The van der Waals surface area contributed by atoms with Crippen LogP contribution < -0.4 is 11.1 Å². The van der Waals surface area contributed by atoms with Gasteiger partial charge < -0.3 is 11.1 Å². The highest BCUT2D eigenvalue weighted by Crippen LogP contribution is 2.37. The normalized spacial score (nSPS) is 16.8. The van der Waals surface area contributed by atoms with Crippen molar-refractivity contribution in [3.8, 4) is 0 Å². The van der Waals surface area contributed by atoms with Crippen LogP contribution in [0.25, 0.3) is 0 Å². The summed E-state index contributed by atoms with van der Waals surface area (Å²) in [7, 11) is 0. The van der Waals surface area contributed by atoms with Crippen LogP contribution in [-0.2, 0) is 0 Å². The summed E-state index contributed by atoms with van der Waals surface area (Å²) in [6.45, 7) is 1.70. The van der Waals surface area contributed by atoms with Gasteiger partial charge in [-0.1, -0.05) is 34.8 Å². The van der Waals surface area contributed by atoms with Crippen LogP contribution in [-0.4, -0.2) is 18.1 Å². The Balaban J connectivity index is 2.49. The number of aromatic nitrogens is 1. The number of anilines is 1. The lowest BCUT2D eigenvalue weighted by Crippen LogP contribution is -2.40. The van der Waals surface area contributed by atoms with Crippen molar-refractivity contribution >= 4 is 40.5 Å². The van der Waals surface area contributed by atoms with Crippen LogP contribution in [0.3, 0.4) is 0 Å². The van der Waals surface area contributed by atoms with E-state index >= 15 is 0 Å². The van der Waals surface area contributed by atoms with Gasteiger partial charge in [-0.3, -0.25) is 0 Å². The molecule has 1 aromatic heterocycles. The van der Waals surface area contributed by atoms with Crippen LogP contribution >= 0.6 is 34.8 Å². The lowest BCUT2D eigenvalue weighted by atomic mass is 9.98. The second kappa shape index (κ2) is 3.74. The van der Waals surface area contributed by atoms with Gasteiger partial charge in [-0.2, -0.15) is 0 Å². The van der Waals surface area contributed by atoms with Crippen LogP contribution in [0.1, 0.15) is 11.6 Å². The summed E-state index contributed by atoms with van der Waals surface area (Å²) >= 11 is 17.6. The molecule has 1 aromatic rings. The molecule has 0 saturated carbocycles. The van der Waals surface area contributed by atoms with E-state index in [2.05, 4.69) is 10.3 Å². The zero-order chi connectivity index (χ0) is 10.3. The van der Waals surface area contributed by atoms with Crippen LogP contribution in [0.5, 0.6) is 0 Å². The first kappa shape index (κ1) is 10.3. The summed E-state index contributed by atoms with van der Waals surface area (Å²) < 4.78 is 0. The Bertz CT molecular complexity index is 377. The fraction of sp³-hybridized carbons (Fsp3) is 0.375. The maximum absolute atomic E-state index is 6.02. The molecule has 0 spiro atoms. The summed E-state index contributed by atoms with van der Waals surface area (Å²) in [5.74, 6) is 0.291. The highest BCUT2D eigenvalue weighted by Gasteiger charge is 2.25. The smallest absolute Gasteiger partial charge is 0.150 e. The van der Waals surface area contributed by atoms with Gasteiger partial charge in [0, 0.05) is 19.0 Å². The fourth-order valence-corrected chi connectivity index (χ4v) is 1.97. The van der Waals surface area contributed by atoms with Gasteiger partial charge in [0.1, 0.15) is 10.2 Å². The highest BCUT2D eigenvalue weighted by atomic mass is 35.5. The molecule has 1 fully saturated rings. The molecule has 6 heteroatoms. The molecule has 3 nitrogen and oxygen atoms in total. The molecule has 1 aliphatic heterocycles. The van der Waals surface area contributed by atoms with E-state index in [4.69, 9.17) is 40.5 Å². The van der Waals surface area contributed by atoms with Crippen molar-refractivity contribution in [2.45, 2.75) is 5.92 Å². The Labute approximate surface area is 96.5 Å². The largest absolute Gasteiger partial charge is 0.396 e. The molecule has 2 heterocycles. The van der Waals surface area contributed by atoms with Crippen molar-refractivity contribution in [3.63, 3.8) is 0 Å². The monoisotopic (exact) mass is 251 g/mol. The molecule has 14 heavy (non-hydrogen) atoms. The average molecular weight is 253 g/mol. The minimum Gasteiger partial charge on any atom is -0.396 e. The Morgan fingerprint density at radius 3 is 2.36 bits per heavy atom. The third kappa shape index (κ3) is 1.54. The van der Waals surface area contributed by atoms with Gasteiger partial charge in [-0.25, -0.2) is 4.98 Å². The summed E-state index contributed by atoms with van der Waals surface area (Å²) in [6, 6.07) is 0. The Hall–Kier alpha value is -0.220. The second-order valence-electron chi connectivity index (χ2n) is 3.18. The van der Waals surface area contributed by atoms with E-state index in [1.807, 2.05) is 0 Å². The highest BCUT2D eigenvalue weighted by molar-refractivity contribution is 6.45. The van der Waals surface area contributed by atoms with Gasteiger partial charge in [0.05, 0.1) is 16.4 Å². The molecule has 76 valence electrons. The standard InChI is InChI=1S/C8H8Cl3N3/c9-4-6(12)5(10)8(11)14-7(4)3-1-13-2-3/h3,13H,1-2H2,(H2,12,14). The Morgan fingerprint density at radius 2 is 1.86 bits per heavy atom. The topological polar surface area (TPSA) is 50.9 Å². The number of nitrogens with zero attached hydrogens (tertiary/aromatic N) is 1. The maximum Gasteiger partial charge on any atom is 0.150 e. The summed E-state index contributed by atoms with van der Waals surface area (Å²) in [6.07, 6.45) is 0. The quantitative estimate of drug-likeness (QED) is 0.754. The van der Waals surface area contributed by atoms with E-state index in [0.29, 0.717) is 16.6 Å². The minimum atomic E-state index is 0.218. The number of nitrogen functional groups attached to an aromatic ring is 1. The van der Waals surface area contributed by atoms with Crippen LogP contribution in [0.4, 0.5) is 5.69 Å². The van der Waals surface area contributed by atoms with E-state index in [-0.39, 0.29) is 10.2 Å². The first-order valence-corrected chi connectivity index (χ1v) is 5.25. The number of hydrogen-bond donors (Lipinski definition) is 2. The van der Waals surface area contributed by atoms with Crippen molar-refractivity contribution in [1.29, 1.82) is 0 Å². The predicted octanol–water partition coefficient (Wildman–Crippen LogP) is 2.31. The van der Waals surface area contributed by atoms with Gasteiger partial charge >= 0.3 is 0 Å². The molecule has 0 atom stereocenters.